The minimum Gasteiger partial charge on any atom is -0.478 e. The van der Waals surface area contributed by atoms with E-state index < -0.39 is 0 Å². The molecule has 2 aromatic heterocycles. The van der Waals surface area contributed by atoms with Gasteiger partial charge in [0.1, 0.15) is 0 Å². The summed E-state index contributed by atoms with van der Waals surface area (Å²) in [6.07, 6.45) is 6.75. The molecular formula is C14H13N5O. The van der Waals surface area contributed by atoms with E-state index in [0.717, 1.165) is 11.1 Å². The van der Waals surface area contributed by atoms with Crippen LogP contribution in [0.4, 0.5) is 5.69 Å². The highest BCUT2D eigenvalue weighted by molar-refractivity contribution is 5.75. The Morgan fingerprint density at radius 1 is 1.15 bits per heavy atom. The summed E-state index contributed by atoms with van der Waals surface area (Å²) in [5.74, 6) is 0.957. The Hall–Kier alpha value is -2.89. The molecule has 20 heavy (non-hydrogen) atoms. The lowest BCUT2D eigenvalue weighted by molar-refractivity contribution is 0.392. The smallest absolute Gasteiger partial charge is 0.259 e. The molecule has 0 radical (unpaired) electrons. The van der Waals surface area contributed by atoms with Crippen LogP contribution in [0.1, 0.15) is 0 Å². The van der Waals surface area contributed by atoms with Crippen molar-refractivity contribution in [2.24, 2.45) is 0 Å². The predicted octanol–water partition coefficient (Wildman–Crippen LogP) is 1.92. The molecule has 6 nitrogen and oxygen atoms in total. The maximum Gasteiger partial charge on any atom is 0.259 e. The van der Waals surface area contributed by atoms with E-state index in [2.05, 4.69) is 15.1 Å². The topological polar surface area (TPSA) is 78.9 Å². The van der Waals surface area contributed by atoms with Crippen LogP contribution >= 0.6 is 0 Å². The third-order valence-corrected chi connectivity index (χ3v) is 2.91. The predicted molar refractivity (Wildman–Crippen MR) is 75.6 cm³/mol. The van der Waals surface area contributed by atoms with E-state index in [1.54, 1.807) is 30.4 Å². The molecule has 2 N–H and O–H groups in total. The fourth-order valence-corrected chi connectivity index (χ4v) is 1.96. The summed E-state index contributed by atoms with van der Waals surface area (Å²) in [5.41, 5.74) is 8.52. The monoisotopic (exact) mass is 267 g/mol. The molecule has 0 atom stereocenters. The second kappa shape index (κ2) is 5.00. The van der Waals surface area contributed by atoms with Crippen molar-refractivity contribution in [1.29, 1.82) is 0 Å². The van der Waals surface area contributed by atoms with Crippen LogP contribution in [0, 0.1) is 0 Å². The standard InChI is InChI=1S/C14H13N5O/c1-20-14-13(16-6-7-17-14)19-9-10(8-18-19)11-4-2-3-5-12(11)15/h2-9H,15H2,1H3. The molecule has 100 valence electrons. The molecule has 0 aliphatic rings. The minimum atomic E-state index is 0.420. The molecular weight excluding hydrogens is 254 g/mol. The number of benzene rings is 1. The fourth-order valence-electron chi connectivity index (χ4n) is 1.96. The molecule has 0 fully saturated rings. The van der Waals surface area contributed by atoms with Gasteiger partial charge >= 0.3 is 0 Å². The lowest BCUT2D eigenvalue weighted by Crippen LogP contribution is -2.02. The molecule has 0 aliphatic heterocycles. The van der Waals surface area contributed by atoms with Crippen molar-refractivity contribution in [2.45, 2.75) is 0 Å². The van der Waals surface area contributed by atoms with Crippen molar-refractivity contribution in [3.63, 3.8) is 0 Å². The summed E-state index contributed by atoms with van der Waals surface area (Å²) in [7, 11) is 1.55. The number of methoxy groups -OCH3 is 1. The van der Waals surface area contributed by atoms with Gasteiger partial charge in [-0.2, -0.15) is 5.10 Å². The van der Waals surface area contributed by atoms with Crippen LogP contribution in [-0.2, 0) is 0 Å². The Balaban J connectivity index is 2.05. The average molecular weight is 267 g/mol. The number of nitrogens with zero attached hydrogens (tertiary/aromatic N) is 4. The van der Waals surface area contributed by atoms with Gasteiger partial charge in [0.15, 0.2) is 0 Å². The van der Waals surface area contributed by atoms with Gasteiger partial charge in [-0.3, -0.25) is 0 Å². The van der Waals surface area contributed by atoms with E-state index in [9.17, 15) is 0 Å². The first-order chi connectivity index (χ1) is 9.79. The zero-order chi connectivity index (χ0) is 13.9. The number of para-hydroxylation sites is 1. The summed E-state index contributed by atoms with van der Waals surface area (Å²) in [5, 5.41) is 4.29. The van der Waals surface area contributed by atoms with E-state index in [1.165, 1.54) is 0 Å². The molecule has 0 spiro atoms. The van der Waals surface area contributed by atoms with Gasteiger partial charge in [-0.15, -0.1) is 0 Å². The van der Waals surface area contributed by atoms with Gasteiger partial charge in [0.25, 0.3) is 5.88 Å². The third-order valence-electron chi connectivity index (χ3n) is 2.91. The van der Waals surface area contributed by atoms with Crippen molar-refractivity contribution < 1.29 is 4.74 Å². The highest BCUT2D eigenvalue weighted by Gasteiger charge is 2.11. The number of anilines is 1. The van der Waals surface area contributed by atoms with Gasteiger partial charge in [0, 0.05) is 35.4 Å². The van der Waals surface area contributed by atoms with Gasteiger partial charge in [-0.05, 0) is 6.07 Å². The summed E-state index contributed by atoms with van der Waals surface area (Å²) in [6.45, 7) is 0. The van der Waals surface area contributed by atoms with Gasteiger partial charge in [-0.1, -0.05) is 18.2 Å². The number of ether oxygens (including phenoxy) is 1. The second-order valence-corrected chi connectivity index (χ2v) is 4.15. The van der Waals surface area contributed by atoms with Crippen LogP contribution in [0.5, 0.6) is 5.88 Å². The molecule has 2 heterocycles. The number of nitrogens with two attached hydrogens (primary N) is 1. The Kier molecular flexibility index (Phi) is 3.04. The minimum absolute atomic E-state index is 0.420. The number of nitrogen functional groups attached to an aromatic ring is 1. The number of hydrogen-bond acceptors (Lipinski definition) is 5. The van der Waals surface area contributed by atoms with Crippen molar-refractivity contribution in [3.05, 3.63) is 49.1 Å². The van der Waals surface area contributed by atoms with Gasteiger partial charge in [0.05, 0.1) is 13.3 Å². The lowest BCUT2D eigenvalue weighted by Gasteiger charge is -2.05. The first-order valence-electron chi connectivity index (χ1n) is 6.04. The Labute approximate surface area is 115 Å². The van der Waals surface area contributed by atoms with Crippen LogP contribution in [0.2, 0.25) is 0 Å². The SMILES string of the molecule is COc1nccnc1-n1cc(-c2ccccc2N)cn1. The van der Waals surface area contributed by atoms with E-state index in [1.807, 2.05) is 30.5 Å². The molecule has 0 saturated carbocycles. The normalized spacial score (nSPS) is 10.4. The molecule has 3 rings (SSSR count). The van der Waals surface area contributed by atoms with E-state index in [-0.39, 0.29) is 0 Å². The molecule has 0 aliphatic carbocycles. The van der Waals surface area contributed by atoms with Crippen molar-refractivity contribution in [1.82, 2.24) is 19.7 Å². The number of rotatable bonds is 3. The number of aromatic nitrogens is 4. The van der Waals surface area contributed by atoms with Crippen molar-refractivity contribution in [2.75, 3.05) is 12.8 Å². The van der Waals surface area contributed by atoms with E-state index in [4.69, 9.17) is 10.5 Å². The zero-order valence-corrected chi connectivity index (χ0v) is 10.9. The van der Waals surface area contributed by atoms with Crippen LogP contribution in [-0.4, -0.2) is 26.9 Å². The molecule has 1 aromatic carbocycles. The maximum atomic E-state index is 5.97. The Morgan fingerprint density at radius 2 is 1.95 bits per heavy atom. The van der Waals surface area contributed by atoms with Gasteiger partial charge < -0.3 is 10.5 Å². The second-order valence-electron chi connectivity index (χ2n) is 4.15. The Morgan fingerprint density at radius 3 is 2.75 bits per heavy atom. The summed E-state index contributed by atoms with van der Waals surface area (Å²) in [4.78, 5) is 8.33. The maximum absolute atomic E-state index is 5.97. The zero-order valence-electron chi connectivity index (χ0n) is 10.9. The van der Waals surface area contributed by atoms with Crippen LogP contribution in [0.15, 0.2) is 49.1 Å². The first kappa shape index (κ1) is 12.2. The van der Waals surface area contributed by atoms with Gasteiger partial charge in [0.2, 0.25) is 5.82 Å². The molecule has 0 bridgehead atoms. The summed E-state index contributed by atoms with van der Waals surface area (Å²) >= 11 is 0. The largest absolute Gasteiger partial charge is 0.478 e. The van der Waals surface area contributed by atoms with Crippen LogP contribution in [0.3, 0.4) is 0 Å². The molecule has 0 unspecified atom stereocenters. The van der Waals surface area contributed by atoms with Crippen LogP contribution < -0.4 is 10.5 Å². The van der Waals surface area contributed by atoms with Crippen LogP contribution in [0.25, 0.3) is 16.9 Å². The molecule has 3 aromatic rings. The highest BCUT2D eigenvalue weighted by Crippen LogP contribution is 2.26. The quantitative estimate of drug-likeness (QED) is 0.733. The number of hydrogen-bond donors (Lipinski definition) is 1. The van der Waals surface area contributed by atoms with E-state index in [0.29, 0.717) is 17.4 Å². The van der Waals surface area contributed by atoms with Gasteiger partial charge in [-0.25, -0.2) is 14.6 Å². The molecule has 0 amide bonds. The average Bonchev–Trinajstić information content (AvgIpc) is 2.97. The highest BCUT2D eigenvalue weighted by atomic mass is 16.5. The third kappa shape index (κ3) is 2.07. The lowest BCUT2D eigenvalue weighted by atomic mass is 10.1. The molecule has 6 heteroatoms. The first-order valence-corrected chi connectivity index (χ1v) is 6.04. The van der Waals surface area contributed by atoms with E-state index >= 15 is 0 Å². The summed E-state index contributed by atoms with van der Waals surface area (Å²) in [6, 6.07) is 7.64. The summed E-state index contributed by atoms with van der Waals surface area (Å²) < 4.78 is 6.80. The molecule has 0 saturated heterocycles. The fraction of sp³-hybridized carbons (Fsp3) is 0.0714. The van der Waals surface area contributed by atoms with Crippen molar-refractivity contribution >= 4 is 5.69 Å². The van der Waals surface area contributed by atoms with Crippen molar-refractivity contribution in [3.8, 4) is 22.8 Å². The Bertz CT molecular complexity index is 738.